The fourth-order valence-electron chi connectivity index (χ4n) is 9.92. The number of anilines is 4. The molecule has 2 atom stereocenters. The van der Waals surface area contributed by atoms with Crippen molar-refractivity contribution in [1.82, 2.24) is 20.2 Å². The van der Waals surface area contributed by atoms with Crippen LogP contribution in [-0.4, -0.2) is 94.6 Å². The lowest BCUT2D eigenvalue weighted by Crippen LogP contribution is -2.44. The highest BCUT2D eigenvalue weighted by Crippen LogP contribution is 2.35. The third-order valence-electron chi connectivity index (χ3n) is 13.8. The lowest BCUT2D eigenvalue weighted by Gasteiger charge is -2.32. The van der Waals surface area contributed by atoms with Crippen LogP contribution < -0.4 is 30.9 Å². The lowest BCUT2D eigenvalue weighted by atomic mass is 9.88. The summed E-state index contributed by atoms with van der Waals surface area (Å²) in [6.45, 7) is 6.90. The predicted molar refractivity (Wildman–Crippen MR) is 276 cm³/mol. The van der Waals surface area contributed by atoms with Crippen molar-refractivity contribution in [2.24, 2.45) is 11.8 Å². The van der Waals surface area contributed by atoms with Crippen LogP contribution in [-0.2, 0) is 27.3 Å². The summed E-state index contributed by atoms with van der Waals surface area (Å²) in [6, 6.07) is 28.1. The van der Waals surface area contributed by atoms with Crippen molar-refractivity contribution >= 4 is 79.2 Å². The number of aromatic carboxylic acids is 1. The number of carboxylic acids is 1. The van der Waals surface area contributed by atoms with E-state index in [0.29, 0.717) is 70.2 Å². The molecule has 2 fully saturated rings. The van der Waals surface area contributed by atoms with E-state index in [1.807, 2.05) is 84.6 Å². The molecule has 5 heterocycles. The fraction of sp³-hybridized carbons (Fsp3) is 0.333. The number of benzene rings is 4. The van der Waals surface area contributed by atoms with Gasteiger partial charge in [-0.3, -0.25) is 34.7 Å². The number of hydrogen-bond acceptors (Lipinski definition) is 13. The minimum absolute atomic E-state index is 0.0463. The van der Waals surface area contributed by atoms with E-state index in [2.05, 4.69) is 38.1 Å². The topological polar surface area (TPSA) is 219 Å². The molecule has 17 heteroatoms. The second-order valence-corrected chi connectivity index (χ2v) is 19.6. The molecule has 2 saturated heterocycles. The molecule has 0 bridgehead atoms. The maximum Gasteiger partial charge on any atom is 0.355 e. The minimum Gasteiger partial charge on any atom is -0.491 e. The van der Waals surface area contributed by atoms with Crippen LogP contribution in [0.1, 0.15) is 88.5 Å². The molecule has 0 saturated carbocycles. The van der Waals surface area contributed by atoms with Crippen molar-refractivity contribution < 1.29 is 33.8 Å². The molecule has 9 rings (SSSR count). The van der Waals surface area contributed by atoms with Gasteiger partial charge in [-0.1, -0.05) is 41.7 Å². The van der Waals surface area contributed by atoms with Gasteiger partial charge in [0, 0.05) is 54.6 Å². The number of pyridine rings is 1. The molecule has 1 unspecified atom stereocenters. The van der Waals surface area contributed by atoms with Gasteiger partial charge in [0.25, 0.3) is 5.91 Å². The summed E-state index contributed by atoms with van der Waals surface area (Å²) in [5, 5.41) is 31.0. The SMILES string of the molecule is CNc1cc(NC(=O)CN2CCC(CC[C@@H](C)Oc3ccc(-c4ccc(N5CCc6cccc(C(=O)Nc7nc8ccccc8s7)c6C5)nc4C(=O)O)c(C)c3)CC2)ccc1C(=N)C1CCC(=O)NC1=O. The Balaban J connectivity index is 0.751. The average Bonchev–Trinajstić information content (AvgIpc) is 3.78. The number of carbonyl (C=O) groups excluding carboxylic acids is 4. The highest BCUT2D eigenvalue weighted by atomic mass is 32.1. The van der Waals surface area contributed by atoms with Gasteiger partial charge >= 0.3 is 5.97 Å². The van der Waals surface area contributed by atoms with E-state index >= 15 is 0 Å². The smallest absolute Gasteiger partial charge is 0.355 e. The number of nitrogens with zero attached hydrogens (tertiary/aromatic N) is 4. The number of fused-ring (bicyclic) bond motifs is 2. The first kappa shape index (κ1) is 48.5. The van der Waals surface area contributed by atoms with Gasteiger partial charge < -0.3 is 30.8 Å². The van der Waals surface area contributed by atoms with Crippen molar-refractivity contribution in [2.75, 3.05) is 54.1 Å². The number of thiazole rings is 1. The molecule has 6 aromatic rings. The summed E-state index contributed by atoms with van der Waals surface area (Å²) in [4.78, 5) is 76.9. The summed E-state index contributed by atoms with van der Waals surface area (Å²) in [5.41, 5.74) is 7.29. The third-order valence-corrected chi connectivity index (χ3v) is 14.7. The number of likely N-dealkylation sites (tertiary alicyclic amines) is 1. The van der Waals surface area contributed by atoms with Crippen molar-refractivity contribution in [1.29, 1.82) is 5.41 Å². The molecule has 2 aromatic heterocycles. The van der Waals surface area contributed by atoms with E-state index in [-0.39, 0.29) is 54.6 Å². The average molecular weight is 976 g/mol. The summed E-state index contributed by atoms with van der Waals surface area (Å²) in [7, 11) is 1.72. The number of ether oxygens (including phenoxy) is 1. The van der Waals surface area contributed by atoms with Crippen molar-refractivity contribution in [3.8, 4) is 16.9 Å². The second-order valence-electron chi connectivity index (χ2n) is 18.6. The van der Waals surface area contributed by atoms with Gasteiger partial charge in [0.05, 0.1) is 34.5 Å². The van der Waals surface area contributed by atoms with Crippen LogP contribution in [0, 0.1) is 24.2 Å². The molecule has 4 aromatic carbocycles. The van der Waals surface area contributed by atoms with E-state index in [4.69, 9.17) is 15.1 Å². The van der Waals surface area contributed by atoms with E-state index in [1.165, 1.54) is 11.3 Å². The van der Waals surface area contributed by atoms with Gasteiger partial charge in [0.2, 0.25) is 17.7 Å². The molecule has 0 aliphatic carbocycles. The van der Waals surface area contributed by atoms with Crippen LogP contribution in [0.3, 0.4) is 0 Å². The Morgan fingerprint density at radius 3 is 2.46 bits per heavy atom. The molecular weight excluding hydrogens is 919 g/mol. The van der Waals surface area contributed by atoms with Gasteiger partial charge in [-0.25, -0.2) is 14.8 Å². The number of amides is 4. The summed E-state index contributed by atoms with van der Waals surface area (Å²) < 4.78 is 7.37. The molecular formula is C54H57N9O7S. The molecule has 71 heavy (non-hydrogen) atoms. The summed E-state index contributed by atoms with van der Waals surface area (Å²) >= 11 is 1.42. The van der Waals surface area contributed by atoms with Crippen molar-refractivity contribution in [3.63, 3.8) is 0 Å². The zero-order valence-electron chi connectivity index (χ0n) is 40.0. The van der Waals surface area contributed by atoms with Crippen LogP contribution in [0.15, 0.2) is 91.0 Å². The van der Waals surface area contributed by atoms with E-state index in [0.717, 1.165) is 71.2 Å². The first-order valence-corrected chi connectivity index (χ1v) is 24.9. The number of nitrogens with one attached hydrogen (secondary N) is 5. The Kier molecular flexibility index (Phi) is 14.5. The molecule has 16 nitrogen and oxygen atoms in total. The maximum absolute atomic E-state index is 13.6. The Morgan fingerprint density at radius 1 is 0.901 bits per heavy atom. The van der Waals surface area contributed by atoms with Crippen molar-refractivity contribution in [2.45, 2.75) is 71.4 Å². The van der Waals surface area contributed by atoms with Crippen LogP contribution in [0.2, 0.25) is 0 Å². The van der Waals surface area contributed by atoms with Crippen LogP contribution in [0.25, 0.3) is 21.3 Å². The number of aryl methyl sites for hydroxylation is 1. The Morgan fingerprint density at radius 2 is 1.70 bits per heavy atom. The number of imide groups is 1. The Bertz CT molecular complexity index is 3020. The largest absolute Gasteiger partial charge is 0.491 e. The first-order valence-electron chi connectivity index (χ1n) is 24.1. The summed E-state index contributed by atoms with van der Waals surface area (Å²) in [5.74, 6) is -1.25. The zero-order chi connectivity index (χ0) is 49.8. The Hall–Kier alpha value is -7.50. The van der Waals surface area contributed by atoms with Gasteiger partial charge in [0.1, 0.15) is 11.6 Å². The number of carbonyl (C=O) groups is 5. The van der Waals surface area contributed by atoms with Gasteiger partial charge in [-0.05, 0) is 154 Å². The van der Waals surface area contributed by atoms with Crippen molar-refractivity contribution in [3.05, 3.63) is 125 Å². The maximum atomic E-state index is 13.6. The number of hydrogen-bond donors (Lipinski definition) is 6. The molecule has 3 aliphatic heterocycles. The second kappa shape index (κ2) is 21.2. The molecule has 4 amide bonds. The highest BCUT2D eigenvalue weighted by Gasteiger charge is 2.32. The Labute approximate surface area is 415 Å². The minimum atomic E-state index is -1.13. The first-order chi connectivity index (χ1) is 34.3. The van der Waals surface area contributed by atoms with Gasteiger partial charge in [-0.15, -0.1) is 0 Å². The third kappa shape index (κ3) is 11.1. The van der Waals surface area contributed by atoms with Crippen LogP contribution in [0.5, 0.6) is 5.75 Å². The molecule has 6 N–H and O–H groups in total. The monoisotopic (exact) mass is 975 g/mol. The number of piperidine rings is 2. The molecule has 0 radical (unpaired) electrons. The normalized spacial score (nSPS) is 16.7. The van der Waals surface area contributed by atoms with E-state index in [1.54, 1.807) is 25.2 Å². The highest BCUT2D eigenvalue weighted by molar-refractivity contribution is 7.22. The zero-order valence-corrected chi connectivity index (χ0v) is 40.8. The number of para-hydroxylation sites is 1. The van der Waals surface area contributed by atoms with Gasteiger partial charge in [-0.2, -0.15) is 0 Å². The van der Waals surface area contributed by atoms with Crippen LogP contribution in [0.4, 0.5) is 22.3 Å². The standard InChI is InChI=1S/C54H57N9O7S/c1-31-27-36(70-32(2)11-12-33-21-24-62(25-22-33)30-48(65)57-35-13-15-40(44(28-35)56-3)49(55)41-18-20-47(64)60-52(41)67)14-16-37(31)38-17-19-46(59-50(38)53(68)69)63-26-23-34-7-6-8-39(42(34)29-63)51(66)61-54-58-43-9-4-5-10-45(43)71-54/h4-10,13-17,19,27-28,32-33,41,55-56H,11-12,18,20-26,29-30H2,1-3H3,(H,57,65)(H,68,69)(H,58,61,66)(H,60,64,67)/t32-,41?/m1/s1. The number of rotatable bonds is 16. The van der Waals surface area contributed by atoms with E-state index in [9.17, 15) is 29.1 Å². The molecule has 0 spiro atoms. The lowest BCUT2D eigenvalue weighted by molar-refractivity contribution is -0.134. The van der Waals surface area contributed by atoms with E-state index < -0.39 is 17.8 Å². The molecule has 3 aliphatic rings. The molecule has 366 valence electrons. The summed E-state index contributed by atoms with van der Waals surface area (Å²) in [6.07, 6.45) is 4.91. The van der Waals surface area contributed by atoms with Gasteiger partial charge in [0.15, 0.2) is 10.8 Å². The van der Waals surface area contributed by atoms with Crippen LogP contribution >= 0.6 is 11.3 Å². The number of carboxylic acid groups (broad SMARTS) is 1. The fourth-order valence-corrected chi connectivity index (χ4v) is 10.8. The number of aromatic nitrogens is 2. The predicted octanol–water partition coefficient (Wildman–Crippen LogP) is 8.54. The quantitative estimate of drug-likeness (QED) is 0.0397.